The Balaban J connectivity index is 1.76. The van der Waals surface area contributed by atoms with E-state index in [1.807, 2.05) is 0 Å². The highest BCUT2D eigenvalue weighted by molar-refractivity contribution is 7.92. The lowest BCUT2D eigenvalue weighted by atomic mass is 9.99. The van der Waals surface area contributed by atoms with Gasteiger partial charge in [-0.2, -0.15) is 4.31 Å². The van der Waals surface area contributed by atoms with E-state index in [0.717, 1.165) is 16.4 Å². The summed E-state index contributed by atoms with van der Waals surface area (Å²) < 4.78 is 76.2. The molecule has 0 radical (unpaired) electrons. The number of carbonyl (C=O) groups is 1. The maximum absolute atomic E-state index is 13.6. The molecule has 41 heavy (non-hydrogen) atoms. The van der Waals surface area contributed by atoms with Gasteiger partial charge in [-0.25, -0.2) is 21.2 Å². The molecular formula is C28H32FN3O7S2. The molecule has 3 atom stereocenters. The number of para-hydroxylation sites is 1. The number of nitrogens with one attached hydrogen (secondary N) is 1. The molecule has 1 aliphatic heterocycles. The first-order valence-electron chi connectivity index (χ1n) is 12.9. The van der Waals surface area contributed by atoms with E-state index >= 15 is 0 Å². The minimum Gasteiger partial charge on any atom is -0.486 e. The van der Waals surface area contributed by atoms with Crippen LogP contribution in [0.15, 0.2) is 82.6 Å². The van der Waals surface area contributed by atoms with Crippen LogP contribution in [0.1, 0.15) is 24.2 Å². The summed E-state index contributed by atoms with van der Waals surface area (Å²) >= 11 is 0. The normalized spacial score (nSPS) is 18.7. The summed E-state index contributed by atoms with van der Waals surface area (Å²) in [5, 5.41) is 9.87. The fourth-order valence-electron chi connectivity index (χ4n) is 4.48. The molecule has 13 heteroatoms. The smallest absolute Gasteiger partial charge is 0.262 e. The first-order chi connectivity index (χ1) is 19.3. The molecule has 0 unspecified atom stereocenters. The predicted octanol–water partition coefficient (Wildman–Crippen LogP) is 3.17. The number of fused-ring (bicyclic) bond motifs is 1. The number of carbonyl (C=O) groups excluding carboxylic acids is 1. The zero-order valence-corrected chi connectivity index (χ0v) is 24.4. The number of anilines is 1. The maximum atomic E-state index is 13.6. The number of hydrogen-bond donors (Lipinski definition) is 2. The van der Waals surface area contributed by atoms with E-state index in [1.165, 1.54) is 54.4 Å². The van der Waals surface area contributed by atoms with Crippen LogP contribution in [0.4, 0.5) is 10.1 Å². The lowest BCUT2D eigenvalue weighted by Crippen LogP contribution is -2.50. The summed E-state index contributed by atoms with van der Waals surface area (Å²) in [4.78, 5) is 15.0. The molecule has 1 heterocycles. The number of rotatable bonds is 9. The van der Waals surface area contributed by atoms with Crippen LogP contribution in [0, 0.1) is 11.7 Å². The summed E-state index contributed by atoms with van der Waals surface area (Å²) in [6, 6.07) is 16.0. The second kappa shape index (κ2) is 12.1. The quantitative estimate of drug-likeness (QED) is 0.383. The molecule has 2 N–H and O–H groups in total. The second-order valence-electron chi connectivity index (χ2n) is 9.96. The van der Waals surface area contributed by atoms with Crippen molar-refractivity contribution in [2.75, 3.05) is 31.5 Å². The number of benzene rings is 3. The van der Waals surface area contributed by atoms with E-state index in [-0.39, 0.29) is 46.5 Å². The van der Waals surface area contributed by atoms with E-state index in [9.17, 15) is 31.1 Å². The van der Waals surface area contributed by atoms with Crippen molar-refractivity contribution < 1.29 is 35.9 Å². The second-order valence-corrected chi connectivity index (χ2v) is 13.7. The Labute approximate surface area is 239 Å². The van der Waals surface area contributed by atoms with Crippen LogP contribution in [0.25, 0.3) is 0 Å². The SMILES string of the molecule is C[C@H](CO)N1C[C@H](C)[C@H](CN(C)S(=O)(=O)c2ccc(F)cc2)Oc2c(NS(=O)(=O)c3ccccc3)cccc2C1=O. The van der Waals surface area contributed by atoms with Gasteiger partial charge in [-0.1, -0.05) is 31.2 Å². The van der Waals surface area contributed by atoms with Crippen molar-refractivity contribution in [3.63, 3.8) is 0 Å². The van der Waals surface area contributed by atoms with Crippen molar-refractivity contribution in [3.8, 4) is 5.75 Å². The number of likely N-dealkylation sites (N-methyl/N-ethyl adjacent to an activating group) is 1. The first-order valence-corrected chi connectivity index (χ1v) is 15.8. The number of amides is 1. The molecule has 0 bridgehead atoms. The molecule has 0 aliphatic carbocycles. The van der Waals surface area contributed by atoms with E-state index in [0.29, 0.717) is 0 Å². The Morgan fingerprint density at radius 2 is 1.68 bits per heavy atom. The van der Waals surface area contributed by atoms with E-state index in [4.69, 9.17) is 4.74 Å². The number of aliphatic hydroxyl groups is 1. The maximum Gasteiger partial charge on any atom is 0.262 e. The molecule has 0 spiro atoms. The summed E-state index contributed by atoms with van der Waals surface area (Å²) in [6.45, 7) is 3.09. The summed E-state index contributed by atoms with van der Waals surface area (Å²) in [5.74, 6) is -1.56. The molecule has 1 amide bonds. The van der Waals surface area contributed by atoms with E-state index < -0.39 is 49.8 Å². The van der Waals surface area contributed by atoms with Crippen LogP contribution in [0.5, 0.6) is 5.75 Å². The molecule has 0 aromatic heterocycles. The lowest BCUT2D eigenvalue weighted by molar-refractivity contribution is 0.0389. The Bertz CT molecular complexity index is 1600. The van der Waals surface area contributed by atoms with E-state index in [2.05, 4.69) is 4.72 Å². The summed E-state index contributed by atoms with van der Waals surface area (Å²) in [6.07, 6.45) is -0.849. The number of halogens is 1. The average molecular weight is 606 g/mol. The minimum atomic E-state index is -4.07. The molecule has 0 saturated carbocycles. The number of hydrogen-bond acceptors (Lipinski definition) is 7. The number of nitrogens with zero attached hydrogens (tertiary/aromatic N) is 2. The Morgan fingerprint density at radius 3 is 2.32 bits per heavy atom. The predicted molar refractivity (Wildman–Crippen MR) is 151 cm³/mol. The average Bonchev–Trinajstić information content (AvgIpc) is 2.95. The van der Waals surface area contributed by atoms with Crippen molar-refractivity contribution in [3.05, 3.63) is 84.2 Å². The van der Waals surface area contributed by atoms with Gasteiger partial charge in [0.05, 0.1) is 40.2 Å². The Hall–Kier alpha value is -3.52. The van der Waals surface area contributed by atoms with Crippen molar-refractivity contribution >= 4 is 31.6 Å². The van der Waals surface area contributed by atoms with Gasteiger partial charge in [0.1, 0.15) is 11.9 Å². The van der Waals surface area contributed by atoms with Crippen LogP contribution in [0.3, 0.4) is 0 Å². The van der Waals surface area contributed by atoms with Gasteiger partial charge in [-0.3, -0.25) is 9.52 Å². The van der Waals surface area contributed by atoms with Crippen LogP contribution in [-0.2, 0) is 20.0 Å². The van der Waals surface area contributed by atoms with Crippen LogP contribution in [-0.4, -0.2) is 75.9 Å². The highest BCUT2D eigenvalue weighted by atomic mass is 32.2. The molecule has 220 valence electrons. The van der Waals surface area contributed by atoms with Gasteiger partial charge in [-0.05, 0) is 55.5 Å². The van der Waals surface area contributed by atoms with Crippen LogP contribution in [0.2, 0.25) is 0 Å². The zero-order valence-electron chi connectivity index (χ0n) is 22.8. The molecule has 4 rings (SSSR count). The van der Waals surface area contributed by atoms with Gasteiger partial charge in [0, 0.05) is 19.5 Å². The Morgan fingerprint density at radius 1 is 1.02 bits per heavy atom. The highest BCUT2D eigenvalue weighted by Gasteiger charge is 2.36. The third kappa shape index (κ3) is 6.53. The standard InChI is InChI=1S/C28H32FN3O7S2/c1-19-16-32(20(2)18-33)28(34)24-10-7-11-25(30-40(35,36)22-8-5-4-6-9-22)27(24)39-26(19)17-31(3)41(37,38)23-14-12-21(29)13-15-23/h4-15,19-20,26,30,33H,16-18H2,1-3H3/t19-,20+,26-/m0/s1. The van der Waals surface area contributed by atoms with Crippen LogP contribution < -0.4 is 9.46 Å². The fourth-order valence-corrected chi connectivity index (χ4v) is 6.75. The molecule has 3 aromatic carbocycles. The molecule has 0 saturated heterocycles. The number of ether oxygens (including phenoxy) is 1. The lowest BCUT2D eigenvalue weighted by Gasteiger charge is -2.38. The molecule has 0 fully saturated rings. The highest BCUT2D eigenvalue weighted by Crippen LogP contribution is 2.36. The monoisotopic (exact) mass is 605 g/mol. The van der Waals surface area contributed by atoms with Gasteiger partial charge in [0.15, 0.2) is 5.75 Å². The van der Waals surface area contributed by atoms with Gasteiger partial charge >= 0.3 is 0 Å². The summed E-state index contributed by atoms with van der Waals surface area (Å²) in [5.41, 5.74) is 0.0546. The van der Waals surface area contributed by atoms with Crippen molar-refractivity contribution in [2.45, 2.75) is 35.8 Å². The van der Waals surface area contributed by atoms with Gasteiger partial charge in [0.25, 0.3) is 15.9 Å². The van der Waals surface area contributed by atoms with Crippen molar-refractivity contribution in [2.24, 2.45) is 5.92 Å². The van der Waals surface area contributed by atoms with Gasteiger partial charge < -0.3 is 14.7 Å². The summed E-state index contributed by atoms with van der Waals surface area (Å²) in [7, 11) is -6.75. The van der Waals surface area contributed by atoms with Crippen molar-refractivity contribution in [1.29, 1.82) is 0 Å². The minimum absolute atomic E-state index is 0.000320. The first kappa shape index (κ1) is 30.4. The fraction of sp³-hybridized carbons (Fsp3) is 0.321. The van der Waals surface area contributed by atoms with Gasteiger partial charge in [0.2, 0.25) is 10.0 Å². The van der Waals surface area contributed by atoms with Crippen LogP contribution >= 0.6 is 0 Å². The zero-order chi connectivity index (χ0) is 29.9. The van der Waals surface area contributed by atoms with E-state index in [1.54, 1.807) is 32.0 Å². The number of aliphatic hydroxyl groups excluding tert-OH is 1. The largest absolute Gasteiger partial charge is 0.486 e. The molecule has 1 aliphatic rings. The Kier molecular flexibility index (Phi) is 9.02. The topological polar surface area (TPSA) is 133 Å². The van der Waals surface area contributed by atoms with Gasteiger partial charge in [-0.15, -0.1) is 0 Å². The molecule has 3 aromatic rings. The molecular weight excluding hydrogens is 573 g/mol. The number of sulfonamides is 2. The third-order valence-corrected chi connectivity index (χ3v) is 10.2. The third-order valence-electron chi connectivity index (χ3n) is 6.95. The molecule has 10 nitrogen and oxygen atoms in total. The van der Waals surface area contributed by atoms with Crippen molar-refractivity contribution in [1.82, 2.24) is 9.21 Å².